The van der Waals surface area contributed by atoms with Crippen molar-refractivity contribution in [3.05, 3.63) is 71.5 Å². The highest BCUT2D eigenvalue weighted by molar-refractivity contribution is 6.34. The molecular weight excluding hydrogens is 353 g/mol. The number of aromatic amines is 1. The summed E-state index contributed by atoms with van der Waals surface area (Å²) in [5.41, 5.74) is 2.51. The molecule has 4 rings (SSSR count). The van der Waals surface area contributed by atoms with E-state index in [4.69, 9.17) is 16.3 Å². The number of hydrogen-bond acceptors (Lipinski definition) is 3. The summed E-state index contributed by atoms with van der Waals surface area (Å²) in [6, 6.07) is 18.7. The molecule has 0 radical (unpaired) electrons. The SMILES string of the molecule is COc1cccc(Nc2n[nH]c3c(F)c(Cl)c(-c4ccccc4)cc23)c1. The van der Waals surface area contributed by atoms with Crippen LogP contribution in [0.15, 0.2) is 60.7 Å². The van der Waals surface area contributed by atoms with Gasteiger partial charge in [0.25, 0.3) is 0 Å². The van der Waals surface area contributed by atoms with E-state index in [9.17, 15) is 4.39 Å². The first kappa shape index (κ1) is 16.4. The quantitative estimate of drug-likeness (QED) is 0.481. The fourth-order valence-corrected chi connectivity index (χ4v) is 3.11. The second-order valence-corrected chi connectivity index (χ2v) is 6.15. The minimum absolute atomic E-state index is 0.0697. The highest BCUT2D eigenvalue weighted by Gasteiger charge is 2.18. The topological polar surface area (TPSA) is 49.9 Å². The molecule has 0 amide bonds. The average molecular weight is 368 g/mol. The summed E-state index contributed by atoms with van der Waals surface area (Å²) in [7, 11) is 1.60. The van der Waals surface area contributed by atoms with E-state index in [1.807, 2.05) is 60.7 Å². The molecule has 0 atom stereocenters. The predicted octanol–water partition coefficient (Wildman–Crippen LogP) is 5.77. The van der Waals surface area contributed by atoms with Gasteiger partial charge in [-0.25, -0.2) is 4.39 Å². The van der Waals surface area contributed by atoms with Crippen LogP contribution in [0.3, 0.4) is 0 Å². The molecule has 0 saturated heterocycles. The van der Waals surface area contributed by atoms with Gasteiger partial charge in [-0.15, -0.1) is 0 Å². The zero-order chi connectivity index (χ0) is 18.1. The molecule has 130 valence electrons. The predicted molar refractivity (Wildman–Crippen MR) is 103 cm³/mol. The number of methoxy groups -OCH3 is 1. The number of fused-ring (bicyclic) bond motifs is 1. The maximum absolute atomic E-state index is 14.8. The second kappa shape index (κ2) is 6.69. The Bertz CT molecular complexity index is 1080. The third-order valence-corrected chi connectivity index (χ3v) is 4.53. The molecule has 0 bridgehead atoms. The first-order valence-electron chi connectivity index (χ1n) is 8.00. The molecule has 0 aliphatic carbocycles. The lowest BCUT2D eigenvalue weighted by atomic mass is 10.0. The number of benzene rings is 3. The summed E-state index contributed by atoms with van der Waals surface area (Å²) >= 11 is 6.26. The van der Waals surface area contributed by atoms with Gasteiger partial charge in [0.2, 0.25) is 0 Å². The Morgan fingerprint density at radius 3 is 2.65 bits per heavy atom. The van der Waals surface area contributed by atoms with Crippen LogP contribution in [0.4, 0.5) is 15.9 Å². The lowest BCUT2D eigenvalue weighted by Crippen LogP contribution is -1.93. The maximum atomic E-state index is 14.8. The highest BCUT2D eigenvalue weighted by atomic mass is 35.5. The van der Waals surface area contributed by atoms with Gasteiger partial charge in [0.1, 0.15) is 11.3 Å². The van der Waals surface area contributed by atoms with Gasteiger partial charge in [0, 0.05) is 22.7 Å². The van der Waals surface area contributed by atoms with Gasteiger partial charge in [-0.05, 0) is 23.8 Å². The van der Waals surface area contributed by atoms with E-state index in [2.05, 4.69) is 15.5 Å². The Hall–Kier alpha value is -3.05. The molecule has 1 heterocycles. The van der Waals surface area contributed by atoms with Crippen LogP contribution in [0.25, 0.3) is 22.0 Å². The van der Waals surface area contributed by atoms with Crippen molar-refractivity contribution in [3.8, 4) is 16.9 Å². The zero-order valence-corrected chi connectivity index (χ0v) is 14.6. The fraction of sp³-hybridized carbons (Fsp3) is 0.0500. The summed E-state index contributed by atoms with van der Waals surface area (Å²) in [6.07, 6.45) is 0. The first-order chi connectivity index (χ1) is 12.7. The minimum atomic E-state index is -0.519. The van der Waals surface area contributed by atoms with Crippen LogP contribution in [0.2, 0.25) is 5.02 Å². The number of aromatic nitrogens is 2. The number of rotatable bonds is 4. The van der Waals surface area contributed by atoms with Crippen molar-refractivity contribution in [2.45, 2.75) is 0 Å². The molecule has 3 aromatic carbocycles. The summed E-state index contributed by atoms with van der Waals surface area (Å²) in [5.74, 6) is 0.712. The molecule has 1 aromatic heterocycles. The molecular formula is C20H15ClFN3O. The summed E-state index contributed by atoms with van der Waals surface area (Å²) in [4.78, 5) is 0. The van der Waals surface area contributed by atoms with E-state index in [1.165, 1.54) is 0 Å². The van der Waals surface area contributed by atoms with Gasteiger partial charge in [-0.3, -0.25) is 5.10 Å². The van der Waals surface area contributed by atoms with Crippen molar-refractivity contribution in [2.24, 2.45) is 0 Å². The van der Waals surface area contributed by atoms with E-state index in [1.54, 1.807) is 7.11 Å². The fourth-order valence-electron chi connectivity index (χ4n) is 2.85. The van der Waals surface area contributed by atoms with Gasteiger partial charge in [0.05, 0.1) is 12.1 Å². The molecule has 0 aliphatic heterocycles. The lowest BCUT2D eigenvalue weighted by molar-refractivity contribution is 0.415. The van der Waals surface area contributed by atoms with Crippen LogP contribution in [0, 0.1) is 5.82 Å². The first-order valence-corrected chi connectivity index (χ1v) is 8.37. The smallest absolute Gasteiger partial charge is 0.168 e. The van der Waals surface area contributed by atoms with Gasteiger partial charge in [0.15, 0.2) is 11.6 Å². The Morgan fingerprint density at radius 1 is 1.08 bits per heavy atom. The van der Waals surface area contributed by atoms with Gasteiger partial charge < -0.3 is 10.1 Å². The summed E-state index contributed by atoms with van der Waals surface area (Å²) in [6.45, 7) is 0. The Balaban J connectivity index is 1.83. The van der Waals surface area contributed by atoms with Crippen molar-refractivity contribution in [3.63, 3.8) is 0 Å². The normalized spacial score (nSPS) is 10.9. The maximum Gasteiger partial charge on any atom is 0.168 e. The lowest BCUT2D eigenvalue weighted by Gasteiger charge is -2.09. The van der Waals surface area contributed by atoms with Gasteiger partial charge in [-0.1, -0.05) is 48.0 Å². The molecule has 6 heteroatoms. The van der Waals surface area contributed by atoms with E-state index in [0.29, 0.717) is 22.5 Å². The van der Waals surface area contributed by atoms with Gasteiger partial charge >= 0.3 is 0 Å². The van der Waals surface area contributed by atoms with Crippen LogP contribution in [-0.2, 0) is 0 Å². The van der Waals surface area contributed by atoms with E-state index in [-0.39, 0.29) is 10.5 Å². The van der Waals surface area contributed by atoms with E-state index >= 15 is 0 Å². The van der Waals surface area contributed by atoms with Crippen LogP contribution in [-0.4, -0.2) is 17.3 Å². The molecule has 2 N–H and O–H groups in total. The van der Waals surface area contributed by atoms with Crippen LogP contribution in [0.1, 0.15) is 0 Å². The standard InChI is InChI=1S/C20H15ClFN3O/c1-26-14-9-5-8-13(10-14)23-20-16-11-15(12-6-3-2-4-7-12)17(21)18(22)19(16)24-25-20/h2-11H,1H3,(H2,23,24,25). The van der Waals surface area contributed by atoms with Crippen molar-refractivity contribution in [1.29, 1.82) is 0 Å². The highest BCUT2D eigenvalue weighted by Crippen LogP contribution is 2.37. The number of anilines is 2. The van der Waals surface area contributed by atoms with E-state index in [0.717, 1.165) is 11.3 Å². The number of H-pyrrole nitrogens is 1. The van der Waals surface area contributed by atoms with Crippen LogP contribution in [0.5, 0.6) is 5.75 Å². The molecule has 26 heavy (non-hydrogen) atoms. The molecule has 0 fully saturated rings. The zero-order valence-electron chi connectivity index (χ0n) is 13.9. The molecule has 4 nitrogen and oxygen atoms in total. The second-order valence-electron chi connectivity index (χ2n) is 5.77. The molecule has 0 unspecified atom stereocenters. The number of hydrogen-bond donors (Lipinski definition) is 2. The number of nitrogens with zero attached hydrogens (tertiary/aromatic N) is 1. The minimum Gasteiger partial charge on any atom is -0.497 e. The Morgan fingerprint density at radius 2 is 1.88 bits per heavy atom. The van der Waals surface area contributed by atoms with Gasteiger partial charge in [-0.2, -0.15) is 5.10 Å². The summed E-state index contributed by atoms with van der Waals surface area (Å²) in [5, 5.41) is 10.8. The van der Waals surface area contributed by atoms with Crippen molar-refractivity contribution < 1.29 is 9.13 Å². The average Bonchev–Trinajstić information content (AvgIpc) is 3.08. The Kier molecular flexibility index (Phi) is 4.22. The monoisotopic (exact) mass is 367 g/mol. The third-order valence-electron chi connectivity index (χ3n) is 4.16. The largest absolute Gasteiger partial charge is 0.497 e. The third kappa shape index (κ3) is 2.86. The number of nitrogens with one attached hydrogen (secondary N) is 2. The van der Waals surface area contributed by atoms with Crippen molar-refractivity contribution in [2.75, 3.05) is 12.4 Å². The van der Waals surface area contributed by atoms with Crippen molar-refractivity contribution >= 4 is 34.0 Å². The van der Waals surface area contributed by atoms with Crippen molar-refractivity contribution in [1.82, 2.24) is 10.2 Å². The number of halogens is 2. The van der Waals surface area contributed by atoms with Crippen LogP contribution >= 0.6 is 11.6 Å². The molecule has 0 aliphatic rings. The molecule has 0 spiro atoms. The Labute approximate surface area is 154 Å². The summed E-state index contributed by atoms with van der Waals surface area (Å²) < 4.78 is 20.0. The molecule has 4 aromatic rings. The van der Waals surface area contributed by atoms with E-state index < -0.39 is 5.82 Å². The van der Waals surface area contributed by atoms with Crippen LogP contribution < -0.4 is 10.1 Å². The molecule has 0 saturated carbocycles. The number of ether oxygens (including phenoxy) is 1.